The highest BCUT2D eigenvalue weighted by molar-refractivity contribution is 7.05. The quantitative estimate of drug-likeness (QED) is 0.558. The molecule has 1 unspecified atom stereocenters. The summed E-state index contributed by atoms with van der Waals surface area (Å²) >= 11 is 0. The molecule has 5 heteroatoms. The smallest absolute Gasteiger partial charge is 0.355 e. The number of nitrogens with two attached hydrogens (primary N) is 1. The number of fused-ring (bicyclic) bond motifs is 1. The molecule has 4 nitrogen and oxygen atoms in total. The molecular weight excluding hydrogens is 169 g/mol. The maximum atomic E-state index is 10.9. The van der Waals surface area contributed by atoms with E-state index in [4.69, 9.17) is 10.4 Å². The zero-order valence-corrected chi connectivity index (χ0v) is 6.86. The molecule has 0 aliphatic carbocycles. The highest BCUT2D eigenvalue weighted by atomic mass is 16.5. The summed E-state index contributed by atoms with van der Waals surface area (Å²) in [4.78, 5) is 10.9. The van der Waals surface area contributed by atoms with Crippen LogP contribution in [0.3, 0.4) is 0 Å². The standard InChI is InChI=1S/C8H8BNO3/c10-8(11)9(12)7-4-2-1-3-6(7)5-13-9/h1,3-4,12H,5H2,(H2,10,11)/q-1. The Balaban J connectivity index is 2.55. The molecule has 1 atom stereocenters. The highest BCUT2D eigenvalue weighted by Gasteiger charge is 2.38. The van der Waals surface area contributed by atoms with Crippen molar-refractivity contribution in [3.63, 3.8) is 0 Å². The van der Waals surface area contributed by atoms with Crippen LogP contribution in [0.2, 0.25) is 0 Å². The maximum absolute atomic E-state index is 10.9. The minimum Gasteiger partial charge on any atom is -0.573 e. The van der Waals surface area contributed by atoms with Gasteiger partial charge in [-0.25, -0.2) is 0 Å². The van der Waals surface area contributed by atoms with E-state index in [1.165, 1.54) is 6.07 Å². The average molecular weight is 177 g/mol. The lowest BCUT2D eigenvalue weighted by Gasteiger charge is -2.26. The molecule has 1 amide bonds. The number of carbonyl (C=O) groups is 1. The molecule has 0 aromatic heterocycles. The second-order valence-corrected chi connectivity index (χ2v) is 3.08. The molecular formula is C8H8BNO3-. The van der Waals surface area contributed by atoms with E-state index < -0.39 is 12.4 Å². The van der Waals surface area contributed by atoms with Crippen molar-refractivity contribution in [3.8, 4) is 0 Å². The van der Waals surface area contributed by atoms with E-state index in [1.807, 2.05) is 0 Å². The zero-order valence-electron chi connectivity index (χ0n) is 6.86. The lowest BCUT2D eigenvalue weighted by molar-refractivity contribution is 0.226. The van der Waals surface area contributed by atoms with Gasteiger partial charge in [0.15, 0.2) is 0 Å². The Morgan fingerprint density at radius 3 is 3.23 bits per heavy atom. The molecule has 2 rings (SSSR count). The molecule has 1 aromatic carbocycles. The number of benzene rings is 1. The summed E-state index contributed by atoms with van der Waals surface area (Å²) in [7, 11) is 0. The van der Waals surface area contributed by atoms with Crippen molar-refractivity contribution in [2.75, 3.05) is 0 Å². The summed E-state index contributed by atoms with van der Waals surface area (Å²) < 4.78 is 5.00. The predicted octanol–water partition coefficient (Wildman–Crippen LogP) is -0.681. The summed E-state index contributed by atoms with van der Waals surface area (Å²) in [6, 6.07) is 7.75. The first-order chi connectivity index (χ1) is 6.14. The fourth-order valence-electron chi connectivity index (χ4n) is 1.51. The molecule has 67 valence electrons. The fourth-order valence-corrected chi connectivity index (χ4v) is 1.51. The van der Waals surface area contributed by atoms with Crippen molar-refractivity contribution in [1.29, 1.82) is 0 Å². The van der Waals surface area contributed by atoms with Crippen molar-refractivity contribution in [1.82, 2.24) is 0 Å². The van der Waals surface area contributed by atoms with Crippen LogP contribution in [0.5, 0.6) is 0 Å². The fraction of sp³-hybridized carbons (Fsp3) is 0.125. The van der Waals surface area contributed by atoms with Crippen molar-refractivity contribution in [2.24, 2.45) is 5.73 Å². The molecule has 0 saturated carbocycles. The van der Waals surface area contributed by atoms with E-state index in [2.05, 4.69) is 6.07 Å². The number of rotatable bonds is 1. The average Bonchev–Trinajstić information content (AvgIpc) is 2.47. The van der Waals surface area contributed by atoms with Gasteiger partial charge in [-0.1, -0.05) is 23.8 Å². The van der Waals surface area contributed by atoms with E-state index in [0.717, 1.165) is 5.56 Å². The first-order valence-corrected chi connectivity index (χ1v) is 3.94. The third-order valence-corrected chi connectivity index (χ3v) is 2.28. The first kappa shape index (κ1) is 8.28. The normalized spacial score (nSPS) is 25.6. The van der Waals surface area contributed by atoms with Crippen LogP contribution < -0.4 is 11.2 Å². The Labute approximate surface area is 75.3 Å². The second kappa shape index (κ2) is 2.58. The van der Waals surface area contributed by atoms with Crippen molar-refractivity contribution < 1.29 is 14.5 Å². The van der Waals surface area contributed by atoms with E-state index in [-0.39, 0.29) is 6.61 Å². The first-order valence-electron chi connectivity index (χ1n) is 3.94. The molecule has 1 radical (unpaired) electrons. The molecule has 0 fully saturated rings. The molecule has 1 aliphatic heterocycles. The Bertz CT molecular complexity index is 368. The van der Waals surface area contributed by atoms with Crippen LogP contribution in [0, 0.1) is 6.07 Å². The van der Waals surface area contributed by atoms with Crippen LogP contribution in [0.25, 0.3) is 0 Å². The summed E-state index contributed by atoms with van der Waals surface area (Å²) in [6.45, 7) is -2.42. The molecule has 0 saturated heterocycles. The van der Waals surface area contributed by atoms with Crippen molar-refractivity contribution >= 4 is 17.8 Å². The summed E-state index contributed by atoms with van der Waals surface area (Å²) in [5.74, 6) is -0.835. The van der Waals surface area contributed by atoms with Gasteiger partial charge in [0.1, 0.15) is 5.81 Å². The van der Waals surface area contributed by atoms with Gasteiger partial charge < -0.3 is 20.2 Å². The van der Waals surface area contributed by atoms with Crippen molar-refractivity contribution in [3.05, 3.63) is 29.8 Å². The van der Waals surface area contributed by atoms with E-state index in [9.17, 15) is 9.82 Å². The molecule has 0 spiro atoms. The number of amides is 1. The van der Waals surface area contributed by atoms with Crippen LogP contribution in [0.1, 0.15) is 5.56 Å². The van der Waals surface area contributed by atoms with Crippen LogP contribution in [0.15, 0.2) is 18.2 Å². The van der Waals surface area contributed by atoms with E-state index in [0.29, 0.717) is 5.46 Å². The topological polar surface area (TPSA) is 72.6 Å². The Morgan fingerprint density at radius 2 is 2.54 bits per heavy atom. The third-order valence-electron chi connectivity index (χ3n) is 2.28. The molecule has 1 aliphatic rings. The lowest BCUT2D eigenvalue weighted by Crippen LogP contribution is -2.58. The summed E-state index contributed by atoms with van der Waals surface area (Å²) in [5.41, 5.74) is 6.29. The zero-order chi connectivity index (χ0) is 9.47. The highest BCUT2D eigenvalue weighted by Crippen LogP contribution is 2.16. The van der Waals surface area contributed by atoms with Gasteiger partial charge >= 0.3 is 6.55 Å². The van der Waals surface area contributed by atoms with Crippen LogP contribution >= 0.6 is 0 Å². The Hall–Kier alpha value is -1.33. The maximum Gasteiger partial charge on any atom is 0.355 e. The minimum atomic E-state index is -2.65. The number of primary amides is 1. The minimum absolute atomic E-state index is 0.226. The molecule has 3 N–H and O–H groups in total. The number of carbonyl (C=O) groups excluding carboxylic acids is 1. The van der Waals surface area contributed by atoms with E-state index >= 15 is 0 Å². The van der Waals surface area contributed by atoms with E-state index in [1.54, 1.807) is 12.1 Å². The van der Waals surface area contributed by atoms with Gasteiger partial charge in [0.25, 0.3) is 0 Å². The largest absolute Gasteiger partial charge is 0.573 e. The molecule has 13 heavy (non-hydrogen) atoms. The third kappa shape index (κ3) is 1.05. The van der Waals surface area contributed by atoms with Crippen LogP contribution in [-0.2, 0) is 11.3 Å². The Morgan fingerprint density at radius 1 is 1.77 bits per heavy atom. The predicted molar refractivity (Wildman–Crippen MR) is 47.3 cm³/mol. The molecule has 1 aromatic rings. The Kier molecular flexibility index (Phi) is 1.64. The van der Waals surface area contributed by atoms with Gasteiger partial charge in [0.2, 0.25) is 0 Å². The monoisotopic (exact) mass is 177 g/mol. The summed E-state index contributed by atoms with van der Waals surface area (Å²) in [5, 5.41) is 9.77. The van der Waals surface area contributed by atoms with Gasteiger partial charge in [-0.2, -0.15) is 0 Å². The van der Waals surface area contributed by atoms with Crippen LogP contribution in [-0.4, -0.2) is 17.4 Å². The van der Waals surface area contributed by atoms with Gasteiger partial charge in [0.05, 0.1) is 0 Å². The SMILES string of the molecule is NC(=O)[B-]1(O)OCc2cc[c]cc21. The number of hydrogen-bond donors (Lipinski definition) is 2. The van der Waals surface area contributed by atoms with Crippen molar-refractivity contribution in [2.45, 2.75) is 6.61 Å². The lowest BCUT2D eigenvalue weighted by atomic mass is 9.52. The second-order valence-electron chi connectivity index (χ2n) is 3.08. The summed E-state index contributed by atoms with van der Waals surface area (Å²) in [6.07, 6.45) is 0. The van der Waals surface area contributed by atoms with Gasteiger partial charge in [0, 0.05) is 6.61 Å². The van der Waals surface area contributed by atoms with Crippen LogP contribution in [0.4, 0.5) is 4.79 Å². The molecule has 1 heterocycles. The van der Waals surface area contributed by atoms with Gasteiger partial charge in [-0.15, -0.1) is 5.46 Å². The van der Waals surface area contributed by atoms with Gasteiger partial charge in [-0.05, 0) is 6.07 Å². The molecule has 0 bridgehead atoms. The van der Waals surface area contributed by atoms with Gasteiger partial charge in [-0.3, -0.25) is 0 Å². The number of hydrogen-bond acceptors (Lipinski definition) is 3.